The molecule has 0 saturated heterocycles. The van der Waals surface area contributed by atoms with Crippen LogP contribution in [0.1, 0.15) is 24.0 Å². The Balaban J connectivity index is 1.92. The highest BCUT2D eigenvalue weighted by molar-refractivity contribution is 5.90. The number of carboxylic acid groups (broad SMARTS) is 1. The van der Waals surface area contributed by atoms with Crippen LogP contribution in [0.3, 0.4) is 0 Å². The van der Waals surface area contributed by atoms with E-state index in [0.29, 0.717) is 17.7 Å². The number of nitrogens with one attached hydrogen (secondary N) is 1. The molecule has 0 unspecified atom stereocenters. The first-order valence-electron chi connectivity index (χ1n) is 7.91. The number of hydrogen-bond donors (Lipinski definition) is 2. The van der Waals surface area contributed by atoms with Crippen LogP contribution in [-0.2, 0) is 22.4 Å². The molecule has 0 aromatic heterocycles. The minimum Gasteiger partial charge on any atom is -0.494 e. The molecule has 0 saturated carbocycles. The summed E-state index contributed by atoms with van der Waals surface area (Å²) in [5, 5.41) is 11.5. The zero-order valence-corrected chi connectivity index (χ0v) is 13.9. The summed E-state index contributed by atoms with van der Waals surface area (Å²) >= 11 is 0. The minimum atomic E-state index is -0.866. The Kier molecular flexibility index (Phi) is 6.51. The van der Waals surface area contributed by atoms with E-state index in [9.17, 15) is 14.0 Å². The van der Waals surface area contributed by atoms with E-state index in [4.69, 9.17) is 9.84 Å². The smallest absolute Gasteiger partial charge is 0.303 e. The Morgan fingerprint density at radius 3 is 2.60 bits per heavy atom. The molecule has 2 rings (SSSR count). The molecule has 0 aliphatic heterocycles. The molecule has 0 fully saturated rings. The highest BCUT2D eigenvalue weighted by Crippen LogP contribution is 2.21. The molecular formula is C19H20FNO4. The van der Waals surface area contributed by atoms with Crippen molar-refractivity contribution >= 4 is 17.6 Å². The lowest BCUT2D eigenvalue weighted by Crippen LogP contribution is -2.13. The van der Waals surface area contributed by atoms with Gasteiger partial charge in [-0.25, -0.2) is 4.39 Å². The second-order valence-electron chi connectivity index (χ2n) is 5.58. The van der Waals surface area contributed by atoms with Gasteiger partial charge in [0.25, 0.3) is 0 Å². The third-order valence-corrected chi connectivity index (χ3v) is 3.72. The molecule has 0 radical (unpaired) electrons. The molecular weight excluding hydrogens is 325 g/mol. The third-order valence-electron chi connectivity index (χ3n) is 3.72. The highest BCUT2D eigenvalue weighted by atomic mass is 19.1. The van der Waals surface area contributed by atoms with Crippen molar-refractivity contribution in [3.8, 4) is 5.75 Å². The first kappa shape index (κ1) is 18.4. The summed E-state index contributed by atoms with van der Waals surface area (Å²) in [6.07, 6.45) is 0.817. The lowest BCUT2D eigenvalue weighted by Gasteiger charge is -2.09. The average molecular weight is 345 g/mol. The Hall–Kier alpha value is -2.89. The monoisotopic (exact) mass is 345 g/mol. The van der Waals surface area contributed by atoms with Gasteiger partial charge in [0.2, 0.25) is 5.91 Å². The van der Waals surface area contributed by atoms with Crippen LogP contribution in [0.2, 0.25) is 0 Å². The van der Waals surface area contributed by atoms with Gasteiger partial charge in [0, 0.05) is 18.5 Å². The minimum absolute atomic E-state index is 0.0342. The first-order chi connectivity index (χ1) is 12.0. The van der Waals surface area contributed by atoms with Crippen LogP contribution in [0.15, 0.2) is 42.5 Å². The third kappa shape index (κ3) is 5.60. The summed E-state index contributed by atoms with van der Waals surface area (Å²) in [6, 6.07) is 11.9. The highest BCUT2D eigenvalue weighted by Gasteiger charge is 2.10. The fourth-order valence-electron chi connectivity index (χ4n) is 2.43. The zero-order valence-electron chi connectivity index (χ0n) is 13.9. The van der Waals surface area contributed by atoms with Gasteiger partial charge >= 0.3 is 5.97 Å². The Bertz CT molecular complexity index is 761. The Morgan fingerprint density at radius 1 is 1.12 bits per heavy atom. The van der Waals surface area contributed by atoms with Crippen molar-refractivity contribution in [2.45, 2.75) is 25.7 Å². The standard InChI is InChI=1S/C19H20FNO4/c1-25-16-7-3-5-14(19(16)20)9-10-17(22)21-15-6-2-4-13(12-15)8-11-18(23)24/h2-7,12H,8-11H2,1H3,(H,21,22)(H,23,24). The number of anilines is 1. The van der Waals surface area contributed by atoms with E-state index in [1.165, 1.54) is 13.2 Å². The SMILES string of the molecule is COc1cccc(CCC(=O)Nc2cccc(CCC(=O)O)c2)c1F. The van der Waals surface area contributed by atoms with E-state index in [-0.39, 0.29) is 30.9 Å². The van der Waals surface area contributed by atoms with Crippen molar-refractivity contribution in [3.63, 3.8) is 0 Å². The van der Waals surface area contributed by atoms with Crippen molar-refractivity contribution in [3.05, 3.63) is 59.4 Å². The Labute approximate surface area is 145 Å². The van der Waals surface area contributed by atoms with E-state index in [1.807, 2.05) is 6.07 Å². The molecule has 6 heteroatoms. The van der Waals surface area contributed by atoms with Crippen molar-refractivity contribution in [2.75, 3.05) is 12.4 Å². The number of rotatable bonds is 8. The van der Waals surface area contributed by atoms with E-state index >= 15 is 0 Å². The number of carboxylic acids is 1. The molecule has 0 spiro atoms. The van der Waals surface area contributed by atoms with Gasteiger partial charge < -0.3 is 15.2 Å². The van der Waals surface area contributed by atoms with Crippen LogP contribution >= 0.6 is 0 Å². The molecule has 0 atom stereocenters. The quantitative estimate of drug-likeness (QED) is 0.769. The van der Waals surface area contributed by atoms with E-state index in [1.54, 1.807) is 30.3 Å². The van der Waals surface area contributed by atoms with Crippen LogP contribution in [0, 0.1) is 5.82 Å². The molecule has 0 bridgehead atoms. The van der Waals surface area contributed by atoms with E-state index in [0.717, 1.165) is 5.56 Å². The molecule has 132 valence electrons. The molecule has 5 nitrogen and oxygen atoms in total. The maximum absolute atomic E-state index is 14.0. The summed E-state index contributed by atoms with van der Waals surface area (Å²) in [7, 11) is 1.40. The first-order valence-corrected chi connectivity index (χ1v) is 7.91. The van der Waals surface area contributed by atoms with Crippen molar-refractivity contribution in [1.29, 1.82) is 0 Å². The number of carbonyl (C=O) groups excluding carboxylic acids is 1. The number of methoxy groups -OCH3 is 1. The molecule has 0 aliphatic rings. The van der Waals surface area contributed by atoms with Gasteiger partial charge in [-0.15, -0.1) is 0 Å². The molecule has 2 aromatic carbocycles. The van der Waals surface area contributed by atoms with E-state index in [2.05, 4.69) is 5.32 Å². The summed E-state index contributed by atoms with van der Waals surface area (Å²) < 4.78 is 19.0. The molecule has 2 aromatic rings. The predicted octanol–water partition coefficient (Wildman–Crippen LogP) is 3.42. The lowest BCUT2D eigenvalue weighted by atomic mass is 10.1. The van der Waals surface area contributed by atoms with Crippen LogP contribution < -0.4 is 10.1 Å². The summed E-state index contributed by atoms with van der Waals surface area (Å²) in [4.78, 5) is 22.7. The van der Waals surface area contributed by atoms with Gasteiger partial charge in [0.15, 0.2) is 11.6 Å². The van der Waals surface area contributed by atoms with Gasteiger partial charge in [0.05, 0.1) is 7.11 Å². The summed E-state index contributed by atoms with van der Waals surface area (Å²) in [5.41, 5.74) is 1.85. The predicted molar refractivity (Wildman–Crippen MR) is 92.3 cm³/mol. The maximum atomic E-state index is 14.0. The summed E-state index contributed by atoms with van der Waals surface area (Å²) in [6.45, 7) is 0. The zero-order chi connectivity index (χ0) is 18.2. The topological polar surface area (TPSA) is 75.6 Å². The van der Waals surface area contributed by atoms with Crippen LogP contribution in [0.5, 0.6) is 5.75 Å². The second kappa shape index (κ2) is 8.82. The van der Waals surface area contributed by atoms with Crippen LogP contribution in [-0.4, -0.2) is 24.1 Å². The van der Waals surface area contributed by atoms with Gasteiger partial charge in [-0.1, -0.05) is 24.3 Å². The number of carbonyl (C=O) groups is 2. The number of benzene rings is 2. The number of ether oxygens (including phenoxy) is 1. The summed E-state index contributed by atoms with van der Waals surface area (Å²) in [5.74, 6) is -1.40. The fraction of sp³-hybridized carbons (Fsp3) is 0.263. The van der Waals surface area contributed by atoms with Crippen molar-refractivity contribution < 1.29 is 23.8 Å². The van der Waals surface area contributed by atoms with Crippen LogP contribution in [0.25, 0.3) is 0 Å². The largest absolute Gasteiger partial charge is 0.494 e. The normalized spacial score (nSPS) is 10.3. The van der Waals surface area contributed by atoms with Gasteiger partial charge in [0.1, 0.15) is 0 Å². The van der Waals surface area contributed by atoms with Gasteiger partial charge in [-0.3, -0.25) is 9.59 Å². The second-order valence-corrected chi connectivity index (χ2v) is 5.58. The maximum Gasteiger partial charge on any atom is 0.303 e. The number of amides is 1. The molecule has 2 N–H and O–H groups in total. The number of aryl methyl sites for hydroxylation is 2. The van der Waals surface area contributed by atoms with E-state index < -0.39 is 11.8 Å². The average Bonchev–Trinajstić information content (AvgIpc) is 2.59. The van der Waals surface area contributed by atoms with Crippen molar-refractivity contribution in [1.82, 2.24) is 0 Å². The number of hydrogen-bond acceptors (Lipinski definition) is 3. The van der Waals surface area contributed by atoms with Gasteiger partial charge in [-0.05, 0) is 42.2 Å². The fourth-order valence-corrected chi connectivity index (χ4v) is 2.43. The number of halogens is 1. The molecule has 0 aliphatic carbocycles. The number of aliphatic carboxylic acids is 1. The Morgan fingerprint density at radius 2 is 1.88 bits per heavy atom. The molecule has 25 heavy (non-hydrogen) atoms. The molecule has 0 heterocycles. The lowest BCUT2D eigenvalue weighted by molar-refractivity contribution is -0.137. The van der Waals surface area contributed by atoms with Gasteiger partial charge in [-0.2, -0.15) is 0 Å². The molecule has 1 amide bonds. The van der Waals surface area contributed by atoms with Crippen LogP contribution in [0.4, 0.5) is 10.1 Å². The van der Waals surface area contributed by atoms with Crippen molar-refractivity contribution in [2.24, 2.45) is 0 Å².